The number of aryl methyl sites for hydroxylation is 1. The number of unbranched alkanes of at least 4 members (excludes halogenated alkanes) is 1. The highest BCUT2D eigenvalue weighted by Gasteiger charge is 2.25. The van der Waals surface area contributed by atoms with Crippen molar-refractivity contribution in [2.75, 3.05) is 11.4 Å². The molecule has 1 aliphatic carbocycles. The van der Waals surface area contributed by atoms with Crippen LogP contribution in [0.15, 0.2) is 79.1 Å². The number of amides is 2. The van der Waals surface area contributed by atoms with Gasteiger partial charge in [0, 0.05) is 37.1 Å². The molecule has 7 nitrogen and oxygen atoms in total. The first-order chi connectivity index (χ1) is 21.0. The van der Waals surface area contributed by atoms with Crippen LogP contribution in [0.1, 0.15) is 80.3 Å². The molecule has 1 fully saturated rings. The molecule has 0 saturated heterocycles. The van der Waals surface area contributed by atoms with Gasteiger partial charge in [-0.15, -0.1) is 0 Å². The molecule has 2 amide bonds. The Bertz CT molecular complexity index is 1540. The molecule has 1 heterocycles. The molecule has 43 heavy (non-hydrogen) atoms. The van der Waals surface area contributed by atoms with E-state index in [1.807, 2.05) is 66.7 Å². The number of carbonyl (C=O) groups is 2. The summed E-state index contributed by atoms with van der Waals surface area (Å²) in [5, 5.41) is 12.9. The van der Waals surface area contributed by atoms with Crippen molar-refractivity contribution in [1.82, 2.24) is 14.9 Å². The van der Waals surface area contributed by atoms with Gasteiger partial charge in [0.2, 0.25) is 0 Å². The minimum Gasteiger partial charge on any atom is -0.478 e. The van der Waals surface area contributed by atoms with Gasteiger partial charge in [-0.25, -0.2) is 14.6 Å². The maximum absolute atomic E-state index is 13.6. The molecule has 0 radical (unpaired) electrons. The highest BCUT2D eigenvalue weighted by Crippen LogP contribution is 2.35. The summed E-state index contributed by atoms with van der Waals surface area (Å²) in [6, 6.07) is 21.5. The second kappa shape index (κ2) is 14.2. The van der Waals surface area contributed by atoms with E-state index in [0.717, 1.165) is 60.3 Å². The van der Waals surface area contributed by atoms with Crippen LogP contribution in [0.25, 0.3) is 22.5 Å². The van der Waals surface area contributed by atoms with Crippen molar-refractivity contribution in [3.05, 3.63) is 95.8 Å². The molecule has 7 heteroatoms. The van der Waals surface area contributed by atoms with Gasteiger partial charge in [-0.3, -0.25) is 4.90 Å². The zero-order valence-electron chi connectivity index (χ0n) is 25.3. The number of benzene rings is 3. The summed E-state index contributed by atoms with van der Waals surface area (Å²) in [5.74, 6) is -0.0975. The first-order valence-electron chi connectivity index (χ1n) is 15.6. The Morgan fingerprint density at radius 3 is 2.47 bits per heavy atom. The van der Waals surface area contributed by atoms with Crippen LogP contribution in [-0.2, 0) is 13.0 Å². The molecule has 2 N–H and O–H groups in total. The minimum absolute atomic E-state index is 0.0429. The number of nitrogens with zero attached hydrogens (tertiary/aromatic N) is 3. The van der Waals surface area contributed by atoms with E-state index in [1.54, 1.807) is 12.1 Å². The predicted molar refractivity (Wildman–Crippen MR) is 173 cm³/mol. The molecule has 0 atom stereocenters. The molecule has 3 aromatic carbocycles. The van der Waals surface area contributed by atoms with E-state index in [1.165, 1.54) is 24.8 Å². The number of imidazole rings is 1. The number of aromatic nitrogens is 2. The van der Waals surface area contributed by atoms with E-state index in [2.05, 4.69) is 28.9 Å². The molecular weight excluding hydrogens is 536 g/mol. The minimum atomic E-state index is -0.936. The molecule has 0 spiro atoms. The predicted octanol–water partition coefficient (Wildman–Crippen LogP) is 8.17. The molecule has 1 saturated carbocycles. The molecule has 224 valence electrons. The molecule has 0 unspecified atom stereocenters. The Morgan fingerprint density at radius 2 is 1.74 bits per heavy atom. The number of aromatic carboxylic acids is 1. The third-order valence-corrected chi connectivity index (χ3v) is 8.43. The van der Waals surface area contributed by atoms with Crippen LogP contribution in [0.3, 0.4) is 0 Å². The van der Waals surface area contributed by atoms with Crippen LogP contribution in [0.4, 0.5) is 10.5 Å². The second-order valence-electron chi connectivity index (χ2n) is 11.4. The number of hydrogen-bond donors (Lipinski definition) is 2. The normalized spacial score (nSPS) is 13.5. The fourth-order valence-electron chi connectivity index (χ4n) is 6.14. The van der Waals surface area contributed by atoms with E-state index >= 15 is 0 Å². The highest BCUT2D eigenvalue weighted by atomic mass is 16.4. The number of urea groups is 1. The lowest BCUT2D eigenvalue weighted by Crippen LogP contribution is -2.45. The quantitative estimate of drug-likeness (QED) is 0.188. The van der Waals surface area contributed by atoms with Gasteiger partial charge in [0.15, 0.2) is 0 Å². The smallest absolute Gasteiger partial charge is 0.336 e. The number of carbonyl (C=O) groups excluding carboxylic acids is 1. The van der Waals surface area contributed by atoms with Crippen molar-refractivity contribution in [3.8, 4) is 22.5 Å². The zero-order chi connectivity index (χ0) is 30.2. The van der Waals surface area contributed by atoms with Gasteiger partial charge in [0.25, 0.3) is 0 Å². The molecule has 4 aromatic rings. The maximum atomic E-state index is 13.6. The summed E-state index contributed by atoms with van der Waals surface area (Å²) < 4.78 is 2.14. The monoisotopic (exact) mass is 578 g/mol. The lowest BCUT2D eigenvalue weighted by Gasteiger charge is -2.29. The van der Waals surface area contributed by atoms with Gasteiger partial charge in [0.05, 0.1) is 11.3 Å². The van der Waals surface area contributed by atoms with Gasteiger partial charge in [0.1, 0.15) is 5.82 Å². The average molecular weight is 579 g/mol. The van der Waals surface area contributed by atoms with Crippen LogP contribution in [0, 0.1) is 0 Å². The average Bonchev–Trinajstić information content (AvgIpc) is 3.48. The SMILES string of the molecule is CCCCc1cccc(N(CC)C(=O)NC2CCCCC2)c1-c1nccn1Cc1ccc(-c2ccccc2C(=O)O)cc1. The summed E-state index contributed by atoms with van der Waals surface area (Å²) in [6.45, 7) is 5.37. The summed E-state index contributed by atoms with van der Waals surface area (Å²) in [4.78, 5) is 32.1. The number of carboxylic acids is 1. The molecule has 1 aliphatic rings. The fraction of sp³-hybridized carbons (Fsp3) is 0.361. The van der Waals surface area contributed by atoms with Crippen molar-refractivity contribution < 1.29 is 14.7 Å². The first-order valence-corrected chi connectivity index (χ1v) is 15.6. The van der Waals surface area contributed by atoms with Gasteiger partial charge < -0.3 is 15.0 Å². The highest BCUT2D eigenvalue weighted by molar-refractivity contribution is 5.97. The molecule has 0 bridgehead atoms. The van der Waals surface area contributed by atoms with Crippen molar-refractivity contribution >= 4 is 17.7 Å². The van der Waals surface area contributed by atoms with Gasteiger partial charge in [-0.05, 0) is 67.0 Å². The van der Waals surface area contributed by atoms with E-state index < -0.39 is 5.97 Å². The number of carboxylic acid groups (broad SMARTS) is 1. The summed E-state index contributed by atoms with van der Waals surface area (Å²) in [6.07, 6.45) is 12.5. The maximum Gasteiger partial charge on any atom is 0.336 e. The molecular formula is C36H42N4O3. The lowest BCUT2D eigenvalue weighted by molar-refractivity contribution is 0.0697. The summed E-state index contributed by atoms with van der Waals surface area (Å²) >= 11 is 0. The molecule has 0 aliphatic heterocycles. The van der Waals surface area contributed by atoms with Crippen molar-refractivity contribution in [1.29, 1.82) is 0 Å². The summed E-state index contributed by atoms with van der Waals surface area (Å²) in [5.41, 5.74) is 6.01. The van der Waals surface area contributed by atoms with Crippen LogP contribution in [0.5, 0.6) is 0 Å². The Labute approximate surface area is 254 Å². The zero-order valence-corrected chi connectivity index (χ0v) is 25.3. The van der Waals surface area contributed by atoms with E-state index in [9.17, 15) is 14.7 Å². The topological polar surface area (TPSA) is 87.5 Å². The van der Waals surface area contributed by atoms with Gasteiger partial charge in [-0.1, -0.05) is 87.2 Å². The van der Waals surface area contributed by atoms with Crippen molar-refractivity contribution in [2.24, 2.45) is 0 Å². The molecule has 5 rings (SSSR count). The van der Waals surface area contributed by atoms with Crippen LogP contribution in [-0.4, -0.2) is 39.2 Å². The second-order valence-corrected chi connectivity index (χ2v) is 11.4. The van der Waals surface area contributed by atoms with Gasteiger partial charge >= 0.3 is 12.0 Å². The van der Waals surface area contributed by atoms with E-state index in [0.29, 0.717) is 18.7 Å². The van der Waals surface area contributed by atoms with Crippen LogP contribution >= 0.6 is 0 Å². The van der Waals surface area contributed by atoms with Crippen LogP contribution < -0.4 is 10.2 Å². The molecule has 1 aromatic heterocycles. The Hall–Kier alpha value is -4.39. The number of anilines is 1. The first kappa shape index (κ1) is 30.1. The Kier molecular flexibility index (Phi) is 9.92. The largest absolute Gasteiger partial charge is 0.478 e. The third kappa shape index (κ3) is 6.99. The third-order valence-electron chi connectivity index (χ3n) is 8.43. The lowest BCUT2D eigenvalue weighted by atomic mass is 9.95. The number of rotatable bonds is 11. The van der Waals surface area contributed by atoms with Gasteiger partial charge in [-0.2, -0.15) is 0 Å². The van der Waals surface area contributed by atoms with Crippen LogP contribution in [0.2, 0.25) is 0 Å². The Balaban J connectivity index is 1.46. The van der Waals surface area contributed by atoms with Crippen molar-refractivity contribution in [3.63, 3.8) is 0 Å². The summed E-state index contributed by atoms with van der Waals surface area (Å²) in [7, 11) is 0. The number of hydrogen-bond acceptors (Lipinski definition) is 3. The Morgan fingerprint density at radius 1 is 0.977 bits per heavy atom. The van der Waals surface area contributed by atoms with E-state index in [-0.39, 0.29) is 17.6 Å². The fourth-order valence-corrected chi connectivity index (χ4v) is 6.14. The standard InChI is InChI=1S/C36H42N4O3/c1-3-5-12-28-13-11-18-32(40(4-2)36(43)38-29-14-7-6-8-15-29)33(28)34-37-23-24-39(34)25-26-19-21-27(22-20-26)30-16-9-10-17-31(30)35(41)42/h9-11,13,16-24,29H,3-8,12,14-15,25H2,1-2H3,(H,38,43)(H,41,42). The number of nitrogens with one attached hydrogen (secondary N) is 1. The van der Waals surface area contributed by atoms with E-state index in [4.69, 9.17) is 4.98 Å². The van der Waals surface area contributed by atoms with Crippen molar-refractivity contribution in [2.45, 2.75) is 77.8 Å².